The molecule has 2 aromatic heterocycles. The van der Waals surface area contributed by atoms with Crippen LogP contribution in [-0.2, 0) is 9.53 Å². The SMILES string of the molecule is Cc1cc(C)nc(-n2nc(C)cc2NC(=O)COC(=O)c2cccc(C)c2[N+](=O)[O-])n1. The maximum atomic E-state index is 12.4. The maximum absolute atomic E-state index is 12.4. The second-order valence-corrected chi connectivity index (χ2v) is 6.89. The Morgan fingerprint density at radius 3 is 2.42 bits per heavy atom. The highest BCUT2D eigenvalue weighted by Gasteiger charge is 2.24. The van der Waals surface area contributed by atoms with E-state index in [1.165, 1.54) is 29.8 Å². The van der Waals surface area contributed by atoms with Gasteiger partial charge in [0.05, 0.1) is 10.6 Å². The Kier molecular flexibility index (Phi) is 6.05. The number of hydrogen-bond acceptors (Lipinski definition) is 8. The number of ether oxygens (including phenoxy) is 1. The molecule has 1 aromatic carbocycles. The molecular formula is C20H20N6O5. The Labute approximate surface area is 177 Å². The molecule has 0 unspecified atom stereocenters. The summed E-state index contributed by atoms with van der Waals surface area (Å²) in [6, 6.07) is 7.72. The molecule has 0 atom stereocenters. The normalized spacial score (nSPS) is 10.6. The van der Waals surface area contributed by atoms with Gasteiger partial charge >= 0.3 is 5.97 Å². The third-order valence-electron chi connectivity index (χ3n) is 4.23. The van der Waals surface area contributed by atoms with Crippen molar-refractivity contribution in [1.82, 2.24) is 19.7 Å². The lowest BCUT2D eigenvalue weighted by atomic mass is 10.1. The first kappa shape index (κ1) is 21.6. The van der Waals surface area contributed by atoms with E-state index in [4.69, 9.17) is 4.74 Å². The highest BCUT2D eigenvalue weighted by Crippen LogP contribution is 2.23. The summed E-state index contributed by atoms with van der Waals surface area (Å²) in [5, 5.41) is 18.1. The molecule has 11 heteroatoms. The zero-order chi connectivity index (χ0) is 22.7. The zero-order valence-corrected chi connectivity index (χ0v) is 17.4. The fourth-order valence-corrected chi connectivity index (χ4v) is 3.00. The van der Waals surface area contributed by atoms with E-state index < -0.39 is 23.4 Å². The monoisotopic (exact) mass is 424 g/mol. The van der Waals surface area contributed by atoms with Crippen molar-refractivity contribution in [3.8, 4) is 5.95 Å². The third kappa shape index (κ3) is 4.89. The molecular weight excluding hydrogens is 404 g/mol. The van der Waals surface area contributed by atoms with Crippen molar-refractivity contribution in [3.05, 3.63) is 68.7 Å². The van der Waals surface area contributed by atoms with E-state index in [1.54, 1.807) is 13.0 Å². The molecule has 0 aliphatic heterocycles. The summed E-state index contributed by atoms with van der Waals surface area (Å²) < 4.78 is 6.36. The van der Waals surface area contributed by atoms with E-state index in [-0.39, 0.29) is 17.2 Å². The minimum Gasteiger partial charge on any atom is -0.452 e. The Morgan fingerprint density at radius 1 is 1.10 bits per heavy atom. The number of aryl methyl sites for hydroxylation is 4. The average molecular weight is 424 g/mol. The number of rotatable bonds is 6. The molecule has 1 N–H and O–H groups in total. The molecule has 3 aromatic rings. The number of carbonyl (C=O) groups is 2. The van der Waals surface area contributed by atoms with E-state index in [1.807, 2.05) is 19.9 Å². The Balaban J connectivity index is 1.74. The summed E-state index contributed by atoms with van der Waals surface area (Å²) in [7, 11) is 0. The number of anilines is 1. The van der Waals surface area contributed by atoms with Gasteiger partial charge in [-0.3, -0.25) is 14.9 Å². The van der Waals surface area contributed by atoms with Crippen molar-refractivity contribution in [2.24, 2.45) is 0 Å². The lowest BCUT2D eigenvalue weighted by Crippen LogP contribution is -2.23. The van der Waals surface area contributed by atoms with Crippen LogP contribution in [0.4, 0.5) is 11.5 Å². The fraction of sp³-hybridized carbons (Fsp3) is 0.250. The predicted octanol–water partition coefficient (Wildman–Crippen LogP) is 2.60. The van der Waals surface area contributed by atoms with Crippen molar-refractivity contribution in [3.63, 3.8) is 0 Å². The summed E-state index contributed by atoms with van der Waals surface area (Å²) in [6.07, 6.45) is 0. The molecule has 0 bridgehead atoms. The first-order chi connectivity index (χ1) is 14.7. The average Bonchev–Trinajstić information content (AvgIpc) is 3.04. The number of aromatic nitrogens is 4. The van der Waals surface area contributed by atoms with Crippen LogP contribution >= 0.6 is 0 Å². The van der Waals surface area contributed by atoms with Gasteiger partial charge in [0.1, 0.15) is 11.4 Å². The molecule has 0 spiro atoms. The van der Waals surface area contributed by atoms with Gasteiger partial charge in [-0.1, -0.05) is 12.1 Å². The van der Waals surface area contributed by atoms with E-state index in [9.17, 15) is 19.7 Å². The van der Waals surface area contributed by atoms with Gasteiger partial charge < -0.3 is 10.1 Å². The minimum absolute atomic E-state index is 0.220. The number of nitro benzene ring substituents is 1. The maximum Gasteiger partial charge on any atom is 0.345 e. The molecule has 0 aliphatic rings. The van der Waals surface area contributed by atoms with Gasteiger partial charge in [0.15, 0.2) is 6.61 Å². The largest absolute Gasteiger partial charge is 0.452 e. The van der Waals surface area contributed by atoms with Crippen LogP contribution in [0.3, 0.4) is 0 Å². The summed E-state index contributed by atoms with van der Waals surface area (Å²) in [5.74, 6) is -1.03. The molecule has 0 aliphatic carbocycles. The van der Waals surface area contributed by atoms with Crippen LogP contribution in [0.15, 0.2) is 30.3 Å². The van der Waals surface area contributed by atoms with Gasteiger partial charge in [0, 0.05) is 23.0 Å². The van der Waals surface area contributed by atoms with Crippen LogP contribution in [0.2, 0.25) is 0 Å². The molecule has 1 amide bonds. The van der Waals surface area contributed by atoms with Gasteiger partial charge in [-0.15, -0.1) is 0 Å². The van der Waals surface area contributed by atoms with Crippen LogP contribution in [0.5, 0.6) is 0 Å². The Morgan fingerprint density at radius 2 is 1.77 bits per heavy atom. The number of nitrogens with zero attached hydrogens (tertiary/aromatic N) is 5. The molecule has 11 nitrogen and oxygen atoms in total. The van der Waals surface area contributed by atoms with Gasteiger partial charge in [-0.25, -0.2) is 14.8 Å². The number of nitrogens with one attached hydrogen (secondary N) is 1. The number of carbonyl (C=O) groups excluding carboxylic acids is 2. The Bertz CT molecular complexity index is 1170. The van der Waals surface area contributed by atoms with Crippen molar-refractivity contribution in [2.45, 2.75) is 27.7 Å². The Hall–Kier alpha value is -4.15. The van der Waals surface area contributed by atoms with Crippen molar-refractivity contribution in [1.29, 1.82) is 0 Å². The van der Waals surface area contributed by atoms with Crippen molar-refractivity contribution in [2.75, 3.05) is 11.9 Å². The van der Waals surface area contributed by atoms with Gasteiger partial charge in [-0.05, 0) is 39.8 Å². The number of benzene rings is 1. The number of para-hydroxylation sites is 1. The van der Waals surface area contributed by atoms with Crippen molar-refractivity contribution >= 4 is 23.4 Å². The third-order valence-corrected chi connectivity index (χ3v) is 4.23. The lowest BCUT2D eigenvalue weighted by molar-refractivity contribution is -0.385. The van der Waals surface area contributed by atoms with Gasteiger partial charge in [0.2, 0.25) is 0 Å². The summed E-state index contributed by atoms with van der Waals surface area (Å²) in [6.45, 7) is 6.25. The zero-order valence-electron chi connectivity index (χ0n) is 17.4. The van der Waals surface area contributed by atoms with Crippen LogP contribution in [-0.4, -0.2) is 43.2 Å². The molecule has 0 radical (unpaired) electrons. The molecule has 0 saturated carbocycles. The number of esters is 1. The standard InChI is InChI=1S/C20H20N6O5/c1-11-6-5-7-15(18(11)26(29)30)19(28)31-10-17(27)23-16-9-14(4)24-25(16)20-21-12(2)8-13(3)22-20/h5-9H,10H2,1-4H3,(H,23,27). The van der Waals surface area contributed by atoms with Crippen molar-refractivity contribution < 1.29 is 19.2 Å². The van der Waals surface area contributed by atoms with Gasteiger partial charge in [-0.2, -0.15) is 9.78 Å². The fourth-order valence-electron chi connectivity index (χ4n) is 3.00. The first-order valence-electron chi connectivity index (χ1n) is 9.26. The highest BCUT2D eigenvalue weighted by molar-refractivity contribution is 5.97. The van der Waals surface area contributed by atoms with Gasteiger partial charge in [0.25, 0.3) is 17.5 Å². The molecule has 160 valence electrons. The van der Waals surface area contributed by atoms with E-state index in [2.05, 4.69) is 20.4 Å². The smallest absolute Gasteiger partial charge is 0.345 e. The quantitative estimate of drug-likeness (QED) is 0.361. The lowest BCUT2D eigenvalue weighted by Gasteiger charge is -2.09. The second kappa shape index (κ2) is 8.69. The summed E-state index contributed by atoms with van der Waals surface area (Å²) >= 11 is 0. The molecule has 0 fully saturated rings. The summed E-state index contributed by atoms with van der Waals surface area (Å²) in [4.78, 5) is 43.9. The van der Waals surface area contributed by atoms with E-state index >= 15 is 0 Å². The molecule has 3 rings (SSSR count). The number of hydrogen-bond donors (Lipinski definition) is 1. The topological polar surface area (TPSA) is 142 Å². The minimum atomic E-state index is -0.965. The molecule has 0 saturated heterocycles. The second-order valence-electron chi connectivity index (χ2n) is 6.89. The van der Waals surface area contributed by atoms with Crippen LogP contribution in [0.1, 0.15) is 33.0 Å². The number of amides is 1. The first-order valence-corrected chi connectivity index (χ1v) is 9.26. The summed E-state index contributed by atoms with van der Waals surface area (Å²) in [5.41, 5.74) is 1.83. The van der Waals surface area contributed by atoms with Crippen LogP contribution in [0, 0.1) is 37.8 Å². The van der Waals surface area contributed by atoms with E-state index in [0.29, 0.717) is 17.1 Å². The predicted molar refractivity (Wildman–Crippen MR) is 110 cm³/mol. The van der Waals surface area contributed by atoms with E-state index in [0.717, 1.165) is 11.4 Å². The highest BCUT2D eigenvalue weighted by atomic mass is 16.6. The molecule has 2 heterocycles. The molecule has 31 heavy (non-hydrogen) atoms. The van der Waals surface area contributed by atoms with Crippen LogP contribution < -0.4 is 5.32 Å². The number of nitro groups is 1. The van der Waals surface area contributed by atoms with Crippen LogP contribution in [0.25, 0.3) is 5.95 Å².